The van der Waals surface area contributed by atoms with Gasteiger partial charge in [0.25, 0.3) is 0 Å². The molecule has 0 aromatic heterocycles. The molecule has 0 aromatic rings. The van der Waals surface area contributed by atoms with Gasteiger partial charge in [0.2, 0.25) is 0 Å². The first-order valence-corrected chi connectivity index (χ1v) is 4.92. The van der Waals surface area contributed by atoms with Gasteiger partial charge < -0.3 is 5.11 Å². The van der Waals surface area contributed by atoms with Crippen LogP contribution in [0.2, 0.25) is 0 Å². The van der Waals surface area contributed by atoms with E-state index < -0.39 is 5.97 Å². The Bertz CT molecular complexity index is 121. The number of carboxylic acid groups (broad SMARTS) is 1. The highest BCUT2D eigenvalue weighted by Gasteiger charge is 2.07. The van der Waals surface area contributed by atoms with E-state index in [0.717, 1.165) is 12.8 Å². The molecule has 0 aliphatic carbocycles. The molecule has 0 heterocycles. The highest BCUT2D eigenvalue weighted by Crippen LogP contribution is 2.17. The molecule has 72 valence electrons. The lowest BCUT2D eigenvalue weighted by molar-refractivity contribution is -0.137. The van der Waals surface area contributed by atoms with E-state index in [-0.39, 0.29) is 0 Å². The van der Waals surface area contributed by atoms with Crippen LogP contribution in [0.25, 0.3) is 0 Å². The maximum atomic E-state index is 10.3. The van der Waals surface area contributed by atoms with Gasteiger partial charge in [0.05, 0.1) is 0 Å². The monoisotopic (exact) mass is 172 g/mol. The lowest BCUT2D eigenvalue weighted by Gasteiger charge is -2.11. The van der Waals surface area contributed by atoms with Crippen LogP contribution in [0.3, 0.4) is 0 Å². The average Bonchev–Trinajstić information content (AvgIpc) is 2.05. The molecule has 0 saturated carbocycles. The molecular weight excluding hydrogens is 152 g/mol. The van der Waals surface area contributed by atoms with Crippen LogP contribution in [0.5, 0.6) is 0 Å². The molecule has 0 saturated heterocycles. The third-order valence-corrected chi connectivity index (χ3v) is 2.31. The van der Waals surface area contributed by atoms with Crippen molar-refractivity contribution in [3.8, 4) is 0 Å². The number of hydrogen-bond acceptors (Lipinski definition) is 1. The van der Waals surface area contributed by atoms with Crippen molar-refractivity contribution in [1.29, 1.82) is 0 Å². The molecule has 0 amide bonds. The summed E-state index contributed by atoms with van der Waals surface area (Å²) in [5.74, 6) is -0.0361. The molecule has 0 fully saturated rings. The molecule has 2 heteroatoms. The number of hydrogen-bond donors (Lipinski definition) is 1. The standard InChI is InChI=1S/C10H20O2/c1-3-5-6-9(4-2)7-8-10(11)12/h9H,3-8H2,1-2H3,(H,11,12)/t9-/m1/s1. The first kappa shape index (κ1) is 11.5. The molecule has 0 spiro atoms. The van der Waals surface area contributed by atoms with Crippen molar-refractivity contribution >= 4 is 5.97 Å². The second-order valence-electron chi connectivity index (χ2n) is 3.35. The Kier molecular flexibility index (Phi) is 6.82. The fourth-order valence-corrected chi connectivity index (χ4v) is 1.37. The molecule has 1 N–H and O–H groups in total. The Morgan fingerprint density at radius 3 is 2.42 bits per heavy atom. The minimum atomic E-state index is -0.662. The van der Waals surface area contributed by atoms with E-state index >= 15 is 0 Å². The van der Waals surface area contributed by atoms with Crippen LogP contribution in [0.15, 0.2) is 0 Å². The molecular formula is C10H20O2. The summed E-state index contributed by atoms with van der Waals surface area (Å²) in [6.45, 7) is 4.31. The largest absolute Gasteiger partial charge is 0.481 e. The molecule has 2 nitrogen and oxygen atoms in total. The predicted molar refractivity (Wildman–Crippen MR) is 50.2 cm³/mol. The molecule has 12 heavy (non-hydrogen) atoms. The summed E-state index contributed by atoms with van der Waals surface area (Å²) in [5, 5.41) is 8.48. The summed E-state index contributed by atoms with van der Waals surface area (Å²) in [4.78, 5) is 10.3. The van der Waals surface area contributed by atoms with Gasteiger partial charge in [-0.3, -0.25) is 4.79 Å². The van der Waals surface area contributed by atoms with Crippen molar-refractivity contribution in [3.63, 3.8) is 0 Å². The molecule has 0 aliphatic heterocycles. The summed E-state index contributed by atoms with van der Waals surface area (Å²) in [5.41, 5.74) is 0. The van der Waals surface area contributed by atoms with Crippen molar-refractivity contribution < 1.29 is 9.90 Å². The Balaban J connectivity index is 3.45. The Morgan fingerprint density at radius 2 is 2.00 bits per heavy atom. The van der Waals surface area contributed by atoms with Crippen LogP contribution in [-0.2, 0) is 4.79 Å². The van der Waals surface area contributed by atoms with Gasteiger partial charge in [-0.2, -0.15) is 0 Å². The van der Waals surface area contributed by atoms with Gasteiger partial charge in [0, 0.05) is 6.42 Å². The van der Waals surface area contributed by atoms with Gasteiger partial charge in [-0.1, -0.05) is 39.5 Å². The van der Waals surface area contributed by atoms with E-state index in [1.54, 1.807) is 0 Å². The summed E-state index contributed by atoms with van der Waals surface area (Å²) in [6, 6.07) is 0. The van der Waals surface area contributed by atoms with E-state index in [1.165, 1.54) is 19.3 Å². The summed E-state index contributed by atoms with van der Waals surface area (Å²) < 4.78 is 0. The Hall–Kier alpha value is -0.530. The van der Waals surface area contributed by atoms with E-state index in [9.17, 15) is 4.79 Å². The van der Waals surface area contributed by atoms with Crippen molar-refractivity contribution in [3.05, 3.63) is 0 Å². The van der Waals surface area contributed by atoms with E-state index in [4.69, 9.17) is 5.11 Å². The zero-order valence-electron chi connectivity index (χ0n) is 8.18. The number of carboxylic acids is 1. The van der Waals surface area contributed by atoms with Crippen molar-refractivity contribution in [2.24, 2.45) is 5.92 Å². The van der Waals surface area contributed by atoms with Gasteiger partial charge in [-0.05, 0) is 12.3 Å². The van der Waals surface area contributed by atoms with Gasteiger partial charge in [-0.15, -0.1) is 0 Å². The van der Waals surface area contributed by atoms with E-state index in [1.807, 2.05) is 0 Å². The van der Waals surface area contributed by atoms with Gasteiger partial charge in [0.1, 0.15) is 0 Å². The smallest absolute Gasteiger partial charge is 0.303 e. The normalized spacial score (nSPS) is 12.8. The highest BCUT2D eigenvalue weighted by atomic mass is 16.4. The van der Waals surface area contributed by atoms with Crippen molar-refractivity contribution in [1.82, 2.24) is 0 Å². The second kappa shape index (κ2) is 7.14. The third-order valence-electron chi connectivity index (χ3n) is 2.31. The number of carbonyl (C=O) groups is 1. The predicted octanol–water partition coefficient (Wildman–Crippen LogP) is 3.07. The number of rotatable bonds is 7. The second-order valence-corrected chi connectivity index (χ2v) is 3.35. The minimum absolute atomic E-state index is 0.336. The van der Waals surface area contributed by atoms with E-state index in [2.05, 4.69) is 13.8 Å². The van der Waals surface area contributed by atoms with Crippen LogP contribution in [-0.4, -0.2) is 11.1 Å². The van der Waals surface area contributed by atoms with E-state index in [0.29, 0.717) is 12.3 Å². The molecule has 0 rings (SSSR count). The van der Waals surface area contributed by atoms with Crippen molar-refractivity contribution in [2.75, 3.05) is 0 Å². The van der Waals surface area contributed by atoms with Crippen LogP contribution >= 0.6 is 0 Å². The maximum Gasteiger partial charge on any atom is 0.303 e. The Labute approximate surface area is 75.0 Å². The first-order valence-electron chi connectivity index (χ1n) is 4.92. The van der Waals surface area contributed by atoms with Crippen molar-refractivity contribution in [2.45, 2.75) is 52.4 Å². The molecule has 0 bridgehead atoms. The lowest BCUT2D eigenvalue weighted by Crippen LogP contribution is -2.03. The van der Waals surface area contributed by atoms with Gasteiger partial charge in [0.15, 0.2) is 0 Å². The fraction of sp³-hybridized carbons (Fsp3) is 0.900. The summed E-state index contributed by atoms with van der Waals surface area (Å²) in [6.07, 6.45) is 5.95. The molecule has 0 aromatic carbocycles. The number of aliphatic carboxylic acids is 1. The first-order chi connectivity index (χ1) is 5.70. The van der Waals surface area contributed by atoms with Crippen LogP contribution in [0.4, 0.5) is 0 Å². The molecule has 0 radical (unpaired) electrons. The zero-order valence-corrected chi connectivity index (χ0v) is 8.18. The Morgan fingerprint density at radius 1 is 1.33 bits per heavy atom. The molecule has 0 unspecified atom stereocenters. The van der Waals surface area contributed by atoms with Crippen LogP contribution in [0, 0.1) is 5.92 Å². The lowest BCUT2D eigenvalue weighted by atomic mass is 9.94. The summed E-state index contributed by atoms with van der Waals surface area (Å²) >= 11 is 0. The highest BCUT2D eigenvalue weighted by molar-refractivity contribution is 5.66. The fourth-order valence-electron chi connectivity index (χ4n) is 1.37. The van der Waals surface area contributed by atoms with Crippen LogP contribution in [0.1, 0.15) is 52.4 Å². The topological polar surface area (TPSA) is 37.3 Å². The zero-order chi connectivity index (χ0) is 9.40. The molecule has 0 aliphatic rings. The quantitative estimate of drug-likeness (QED) is 0.640. The number of unbranched alkanes of at least 4 members (excludes halogenated alkanes) is 1. The third kappa shape index (κ3) is 6.20. The average molecular weight is 172 g/mol. The minimum Gasteiger partial charge on any atom is -0.481 e. The maximum absolute atomic E-state index is 10.3. The molecule has 1 atom stereocenters. The van der Waals surface area contributed by atoms with Gasteiger partial charge >= 0.3 is 5.97 Å². The van der Waals surface area contributed by atoms with Crippen LogP contribution < -0.4 is 0 Å². The van der Waals surface area contributed by atoms with Gasteiger partial charge in [-0.25, -0.2) is 0 Å². The summed E-state index contributed by atoms with van der Waals surface area (Å²) in [7, 11) is 0. The SMILES string of the molecule is CCCC[C@@H](CC)CCC(=O)O.